The van der Waals surface area contributed by atoms with Gasteiger partial charge in [0.15, 0.2) is 17.2 Å². The number of nitriles is 1. The molecular formula is C24H26N8O2S. The molecule has 35 heavy (non-hydrogen) atoms. The van der Waals surface area contributed by atoms with Crippen LogP contribution < -0.4 is 5.32 Å². The topological polar surface area (TPSA) is 132 Å². The van der Waals surface area contributed by atoms with E-state index < -0.39 is 11.4 Å². The van der Waals surface area contributed by atoms with Crippen LogP contribution in [0.15, 0.2) is 41.3 Å². The number of nitrogens with one attached hydrogen (secondary N) is 1. The summed E-state index contributed by atoms with van der Waals surface area (Å²) in [6.07, 6.45) is 9.62. The van der Waals surface area contributed by atoms with Crippen LogP contribution in [0.1, 0.15) is 50.5 Å². The van der Waals surface area contributed by atoms with Crippen LogP contribution in [-0.2, 0) is 11.4 Å². The van der Waals surface area contributed by atoms with Gasteiger partial charge in [-0.15, -0.1) is 4.31 Å². The molecule has 1 unspecified atom stereocenters. The van der Waals surface area contributed by atoms with Crippen LogP contribution in [-0.4, -0.2) is 52.6 Å². The minimum atomic E-state index is -1.08. The maximum Gasteiger partial charge on any atom is 0.164 e. The molecule has 1 aliphatic rings. The highest BCUT2D eigenvalue weighted by Gasteiger charge is 2.33. The number of anilines is 1. The molecule has 1 fully saturated rings. The highest BCUT2D eigenvalue weighted by molar-refractivity contribution is 7.88. The number of hydrogen-bond donors (Lipinski definition) is 1. The second-order valence-electron chi connectivity index (χ2n) is 8.88. The Morgan fingerprint density at radius 2 is 2.06 bits per heavy atom. The second kappa shape index (κ2) is 9.65. The molecule has 0 aromatic carbocycles. The molecule has 4 aromatic heterocycles. The van der Waals surface area contributed by atoms with Gasteiger partial charge in [-0.05, 0) is 39.2 Å². The maximum absolute atomic E-state index is 12.2. The third-order valence-electron chi connectivity index (χ3n) is 6.00. The number of fused-ring (bicyclic) bond motifs is 1. The molecule has 11 heteroatoms. The van der Waals surface area contributed by atoms with Gasteiger partial charge in [0.1, 0.15) is 24.1 Å². The lowest BCUT2D eigenvalue weighted by atomic mass is 10.0. The van der Waals surface area contributed by atoms with Crippen LogP contribution in [0.3, 0.4) is 0 Å². The van der Waals surface area contributed by atoms with E-state index in [9.17, 15) is 4.55 Å². The van der Waals surface area contributed by atoms with Crippen molar-refractivity contribution >= 4 is 28.1 Å². The van der Waals surface area contributed by atoms with E-state index in [1.165, 1.54) is 6.20 Å². The van der Waals surface area contributed by atoms with Gasteiger partial charge in [-0.25, -0.2) is 9.97 Å². The molecule has 0 saturated carbocycles. The molecule has 0 amide bonds. The first-order chi connectivity index (χ1) is 16.9. The zero-order chi connectivity index (χ0) is 24.5. The van der Waals surface area contributed by atoms with Crippen molar-refractivity contribution in [3.8, 4) is 23.1 Å². The Labute approximate surface area is 206 Å². The first-order valence-electron chi connectivity index (χ1n) is 11.5. The highest BCUT2D eigenvalue weighted by Crippen LogP contribution is 2.36. The van der Waals surface area contributed by atoms with Gasteiger partial charge in [0, 0.05) is 65.1 Å². The minimum absolute atomic E-state index is 0.0515. The molecular weight excluding hydrogens is 464 g/mol. The van der Waals surface area contributed by atoms with Gasteiger partial charge in [0.25, 0.3) is 0 Å². The van der Waals surface area contributed by atoms with Gasteiger partial charge < -0.3 is 14.4 Å². The Morgan fingerprint density at radius 1 is 1.20 bits per heavy atom. The monoisotopic (exact) mass is 490 g/mol. The Bertz CT molecular complexity index is 1390. The van der Waals surface area contributed by atoms with Crippen molar-refractivity contribution in [2.24, 2.45) is 0 Å². The van der Waals surface area contributed by atoms with Crippen LogP contribution in [0, 0.1) is 11.3 Å². The molecule has 10 nitrogen and oxygen atoms in total. The van der Waals surface area contributed by atoms with Crippen molar-refractivity contribution in [2.75, 3.05) is 18.1 Å². The number of piperidine rings is 1. The van der Waals surface area contributed by atoms with Gasteiger partial charge in [-0.2, -0.15) is 15.0 Å². The molecule has 0 bridgehead atoms. The summed E-state index contributed by atoms with van der Waals surface area (Å²) in [5, 5.41) is 22.2. The maximum atomic E-state index is 12.2. The Balaban J connectivity index is 1.52. The van der Waals surface area contributed by atoms with Crippen molar-refractivity contribution in [2.45, 2.75) is 45.2 Å². The third-order valence-corrected chi connectivity index (χ3v) is 7.10. The van der Waals surface area contributed by atoms with Gasteiger partial charge in [0.05, 0.1) is 11.8 Å². The fraction of sp³-hybridized carbons (Fsp3) is 0.375. The van der Waals surface area contributed by atoms with Gasteiger partial charge >= 0.3 is 0 Å². The second-order valence-corrected chi connectivity index (χ2v) is 10.2. The largest absolute Gasteiger partial charge is 0.598 e. The zero-order valence-corrected chi connectivity index (χ0v) is 20.6. The summed E-state index contributed by atoms with van der Waals surface area (Å²) in [7, 11) is 0. The summed E-state index contributed by atoms with van der Waals surface area (Å²) in [6, 6.07) is 7.79. The van der Waals surface area contributed by atoms with E-state index in [0.29, 0.717) is 28.5 Å². The van der Waals surface area contributed by atoms with Crippen molar-refractivity contribution in [1.82, 2.24) is 29.2 Å². The fourth-order valence-corrected chi connectivity index (χ4v) is 5.37. The molecule has 5 heterocycles. The van der Waals surface area contributed by atoms with Gasteiger partial charge in [-0.1, -0.05) is 5.16 Å². The first kappa shape index (κ1) is 23.3. The van der Waals surface area contributed by atoms with E-state index in [4.69, 9.17) is 9.78 Å². The van der Waals surface area contributed by atoms with Crippen molar-refractivity contribution < 1.29 is 9.08 Å². The third kappa shape index (κ3) is 4.60. The molecule has 1 aliphatic heterocycles. The molecule has 0 spiro atoms. The quantitative estimate of drug-likeness (QED) is 0.398. The molecule has 1 saturated heterocycles. The van der Waals surface area contributed by atoms with Crippen LogP contribution >= 0.6 is 0 Å². The summed E-state index contributed by atoms with van der Waals surface area (Å²) in [5.41, 5.74) is 3.40. The van der Waals surface area contributed by atoms with E-state index in [0.717, 1.165) is 42.4 Å². The molecule has 0 radical (unpaired) electrons. The average molecular weight is 491 g/mol. The van der Waals surface area contributed by atoms with Gasteiger partial charge in [0.2, 0.25) is 0 Å². The lowest BCUT2D eigenvalue weighted by Gasteiger charge is -2.32. The Kier molecular flexibility index (Phi) is 6.42. The average Bonchev–Trinajstić information content (AvgIpc) is 3.50. The standard InChI is InChI=1S/C24H26N8O2S/c1-15(2)29-19-10-23(32-24-17(13-28-32)8-16(11-25)12-27-24)26-14-18(19)20-9-22(34-30-20)21-6-4-5-7-31(21)35(3)33/h8-10,12-15,21H,4-7H2,1-3H3,(H,26,29)/t21-,35?/m0/s1. The highest BCUT2D eigenvalue weighted by atomic mass is 32.2. The summed E-state index contributed by atoms with van der Waals surface area (Å²) < 4.78 is 21.6. The molecule has 5 rings (SSSR count). The summed E-state index contributed by atoms with van der Waals surface area (Å²) >= 11 is -1.08. The van der Waals surface area contributed by atoms with Crippen LogP contribution in [0.5, 0.6) is 0 Å². The molecule has 1 N–H and O–H groups in total. The van der Waals surface area contributed by atoms with Gasteiger partial charge in [-0.3, -0.25) is 0 Å². The summed E-state index contributed by atoms with van der Waals surface area (Å²) in [5.74, 6) is 1.30. The summed E-state index contributed by atoms with van der Waals surface area (Å²) in [6.45, 7) is 4.90. The van der Waals surface area contributed by atoms with Crippen molar-refractivity contribution in [3.05, 3.63) is 48.1 Å². The van der Waals surface area contributed by atoms with E-state index in [1.54, 1.807) is 29.4 Å². The Morgan fingerprint density at radius 3 is 2.83 bits per heavy atom. The van der Waals surface area contributed by atoms with Crippen LogP contribution in [0.25, 0.3) is 28.1 Å². The number of rotatable bonds is 6. The lowest BCUT2D eigenvalue weighted by molar-refractivity contribution is 0.212. The summed E-state index contributed by atoms with van der Waals surface area (Å²) in [4.78, 5) is 9.03. The van der Waals surface area contributed by atoms with Crippen molar-refractivity contribution in [1.29, 1.82) is 5.26 Å². The zero-order valence-electron chi connectivity index (χ0n) is 19.8. The van der Waals surface area contributed by atoms with Crippen molar-refractivity contribution in [3.63, 3.8) is 0 Å². The number of pyridine rings is 2. The molecule has 4 aromatic rings. The van der Waals surface area contributed by atoms with E-state index in [2.05, 4.69) is 45.5 Å². The normalized spacial score (nSPS) is 17.5. The van der Waals surface area contributed by atoms with E-state index in [-0.39, 0.29) is 12.1 Å². The molecule has 2 atom stereocenters. The smallest absolute Gasteiger partial charge is 0.164 e. The lowest BCUT2D eigenvalue weighted by Crippen LogP contribution is -2.37. The predicted octanol–water partition coefficient (Wildman–Crippen LogP) is 3.98. The Hall–Kier alpha value is -3.46. The molecule has 180 valence electrons. The predicted molar refractivity (Wildman–Crippen MR) is 133 cm³/mol. The minimum Gasteiger partial charge on any atom is -0.598 e. The van der Waals surface area contributed by atoms with Crippen LogP contribution in [0.2, 0.25) is 0 Å². The SMILES string of the molecule is CC(C)Nc1cc(-n2ncc3cc(C#N)cnc32)ncc1-c1cc([C@@H]2CCCCN2[S+](C)[O-])on1. The first-order valence-corrected chi connectivity index (χ1v) is 13.0. The van der Waals surface area contributed by atoms with E-state index >= 15 is 0 Å². The van der Waals surface area contributed by atoms with Crippen LogP contribution in [0.4, 0.5) is 5.69 Å². The van der Waals surface area contributed by atoms with E-state index in [1.807, 2.05) is 16.4 Å². The number of hydrogen-bond acceptors (Lipinski definition) is 9. The molecule has 0 aliphatic carbocycles. The number of aromatic nitrogens is 5. The fourth-order valence-electron chi connectivity index (χ4n) is 4.42. The number of nitrogens with zero attached hydrogens (tertiary/aromatic N) is 7.